The van der Waals surface area contributed by atoms with Crippen LogP contribution in [0.1, 0.15) is 5.56 Å². The lowest BCUT2D eigenvalue weighted by molar-refractivity contribution is -0.125. The van der Waals surface area contributed by atoms with Crippen molar-refractivity contribution in [1.82, 2.24) is 9.55 Å². The minimum absolute atomic E-state index is 0.352. The first-order chi connectivity index (χ1) is 11.5. The van der Waals surface area contributed by atoms with Crippen LogP contribution in [0.3, 0.4) is 0 Å². The second-order valence-corrected chi connectivity index (χ2v) is 5.80. The molecule has 1 atom stereocenters. The van der Waals surface area contributed by atoms with Crippen molar-refractivity contribution in [3.8, 4) is 11.8 Å². The van der Waals surface area contributed by atoms with E-state index < -0.39 is 11.9 Å². The second kappa shape index (κ2) is 5.33. The fraction of sp³-hybridized carbons (Fsp3) is 0.176. The lowest BCUT2D eigenvalue weighted by Crippen LogP contribution is -2.47. The van der Waals surface area contributed by atoms with Gasteiger partial charge >= 0.3 is 6.01 Å². The molecule has 1 aliphatic heterocycles. The lowest BCUT2D eigenvalue weighted by Gasteiger charge is -2.27. The fourth-order valence-corrected chi connectivity index (χ4v) is 2.92. The summed E-state index contributed by atoms with van der Waals surface area (Å²) in [6.45, 7) is 0. The Hall–Kier alpha value is -2.90. The van der Waals surface area contributed by atoms with Crippen LogP contribution in [0.15, 0.2) is 42.5 Å². The van der Waals surface area contributed by atoms with Crippen molar-refractivity contribution in [2.45, 2.75) is 12.5 Å². The van der Waals surface area contributed by atoms with Crippen LogP contribution in [-0.2, 0) is 18.3 Å². The van der Waals surface area contributed by atoms with Gasteiger partial charge in [0.25, 0.3) is 5.91 Å². The summed E-state index contributed by atoms with van der Waals surface area (Å²) >= 11 is 0. The molecule has 3 aromatic rings. The number of hydrogen-bond donors (Lipinski definition) is 2. The zero-order chi connectivity index (χ0) is 16.8. The normalized spacial score (nSPS) is 17.2. The number of aromatic nitrogens is 2. The van der Waals surface area contributed by atoms with E-state index in [9.17, 15) is 10.0 Å². The number of aryl methyl sites for hydroxylation is 1. The fourth-order valence-electron chi connectivity index (χ4n) is 2.92. The summed E-state index contributed by atoms with van der Waals surface area (Å²) in [5, 5.41) is 10.5. The molecule has 0 aliphatic carbocycles. The molecular weight excluding hydrogens is 308 g/mol. The molecule has 0 bridgehead atoms. The number of benzene rings is 2. The van der Waals surface area contributed by atoms with Gasteiger partial charge < -0.3 is 10.5 Å². The van der Waals surface area contributed by atoms with E-state index in [1.165, 1.54) is 0 Å². The largest absolute Gasteiger partial charge is 0.425 e. The van der Waals surface area contributed by atoms with Crippen LogP contribution in [0, 0.1) is 0 Å². The predicted octanol–water partition coefficient (Wildman–Crippen LogP) is 1.97. The third-order valence-electron chi connectivity index (χ3n) is 4.20. The van der Waals surface area contributed by atoms with Gasteiger partial charge in [-0.05, 0) is 42.3 Å². The maximum absolute atomic E-state index is 11.7. The number of para-hydroxylation sites is 2. The number of nitrogens with zero attached hydrogens (tertiary/aromatic N) is 3. The van der Waals surface area contributed by atoms with Gasteiger partial charge in [0.1, 0.15) is 5.75 Å². The Morgan fingerprint density at radius 2 is 2.08 bits per heavy atom. The molecule has 4 rings (SSSR count). The minimum Gasteiger partial charge on any atom is -0.425 e. The molecule has 0 radical (unpaired) electrons. The molecule has 2 aromatic carbocycles. The van der Waals surface area contributed by atoms with E-state index in [0.29, 0.717) is 28.9 Å². The van der Waals surface area contributed by atoms with Crippen LogP contribution in [-0.4, -0.2) is 26.7 Å². The number of hydrogen-bond acceptors (Lipinski definition) is 5. The summed E-state index contributed by atoms with van der Waals surface area (Å²) in [7, 11) is 1.88. The van der Waals surface area contributed by atoms with Crippen LogP contribution in [0.25, 0.3) is 11.0 Å². The summed E-state index contributed by atoms with van der Waals surface area (Å²) < 4.78 is 7.75. The zero-order valence-corrected chi connectivity index (χ0v) is 13.0. The van der Waals surface area contributed by atoms with Gasteiger partial charge in [-0.15, -0.1) is 0 Å². The van der Waals surface area contributed by atoms with Crippen LogP contribution in [0.2, 0.25) is 0 Å². The molecule has 24 heavy (non-hydrogen) atoms. The van der Waals surface area contributed by atoms with Gasteiger partial charge in [-0.25, -0.2) is 0 Å². The summed E-state index contributed by atoms with van der Waals surface area (Å²) in [6.07, 6.45) is 0.352. The number of rotatable bonds is 2. The Labute approximate surface area is 137 Å². The zero-order valence-electron chi connectivity index (χ0n) is 13.0. The quantitative estimate of drug-likeness (QED) is 0.703. The average molecular weight is 324 g/mol. The molecule has 122 valence electrons. The Morgan fingerprint density at radius 3 is 2.88 bits per heavy atom. The van der Waals surface area contributed by atoms with E-state index in [4.69, 9.17) is 10.5 Å². The van der Waals surface area contributed by atoms with Crippen molar-refractivity contribution in [2.75, 3.05) is 5.06 Å². The summed E-state index contributed by atoms with van der Waals surface area (Å²) in [6, 6.07) is 12.6. The number of amides is 1. The molecule has 2 heterocycles. The monoisotopic (exact) mass is 324 g/mol. The minimum atomic E-state index is -0.756. The number of nitrogens with two attached hydrogens (primary N) is 1. The topological polar surface area (TPSA) is 93.6 Å². The first-order valence-corrected chi connectivity index (χ1v) is 7.55. The van der Waals surface area contributed by atoms with E-state index in [2.05, 4.69) is 4.98 Å². The molecule has 0 saturated heterocycles. The van der Waals surface area contributed by atoms with Crippen LogP contribution in [0.5, 0.6) is 11.8 Å². The van der Waals surface area contributed by atoms with Gasteiger partial charge in [-0.1, -0.05) is 12.1 Å². The SMILES string of the molecule is Cn1c(Oc2ccc3c(c2)CC(N)C(=O)N3O)nc2ccccc21. The first kappa shape index (κ1) is 14.7. The molecule has 0 fully saturated rings. The van der Waals surface area contributed by atoms with Gasteiger partial charge in [0.05, 0.1) is 22.8 Å². The molecule has 7 nitrogen and oxygen atoms in total. The van der Waals surface area contributed by atoms with Gasteiger partial charge in [0, 0.05) is 7.05 Å². The van der Waals surface area contributed by atoms with Crippen molar-refractivity contribution in [3.63, 3.8) is 0 Å². The summed E-state index contributed by atoms with van der Waals surface area (Å²) in [5.74, 6) is 0.0635. The van der Waals surface area contributed by atoms with E-state index in [1.54, 1.807) is 18.2 Å². The highest BCUT2D eigenvalue weighted by atomic mass is 16.5. The number of hydroxylamine groups is 1. The maximum Gasteiger partial charge on any atom is 0.302 e. The smallest absolute Gasteiger partial charge is 0.302 e. The number of carbonyl (C=O) groups is 1. The molecule has 3 N–H and O–H groups in total. The van der Waals surface area contributed by atoms with Gasteiger partial charge in [-0.2, -0.15) is 10.0 Å². The first-order valence-electron chi connectivity index (χ1n) is 7.55. The molecule has 1 amide bonds. The Morgan fingerprint density at radius 1 is 1.29 bits per heavy atom. The highest BCUT2D eigenvalue weighted by molar-refractivity contribution is 5.98. The highest BCUT2D eigenvalue weighted by Crippen LogP contribution is 2.32. The van der Waals surface area contributed by atoms with Crippen molar-refractivity contribution in [3.05, 3.63) is 48.0 Å². The number of imidazole rings is 1. The van der Waals surface area contributed by atoms with Crippen molar-refractivity contribution < 1.29 is 14.7 Å². The Bertz CT molecular complexity index is 950. The number of carbonyl (C=O) groups excluding carboxylic acids is 1. The van der Waals surface area contributed by atoms with E-state index in [-0.39, 0.29) is 0 Å². The molecule has 1 aliphatic rings. The number of anilines is 1. The highest BCUT2D eigenvalue weighted by Gasteiger charge is 2.30. The molecule has 0 saturated carbocycles. The predicted molar refractivity (Wildman–Crippen MR) is 88.2 cm³/mol. The Balaban J connectivity index is 1.69. The van der Waals surface area contributed by atoms with Crippen LogP contribution in [0.4, 0.5) is 5.69 Å². The molecule has 0 spiro atoms. The van der Waals surface area contributed by atoms with Crippen molar-refractivity contribution >= 4 is 22.6 Å². The summed E-state index contributed by atoms with van der Waals surface area (Å²) in [5.41, 5.74) is 8.75. The molecule has 7 heteroatoms. The molecular formula is C17H16N4O3. The standard InChI is InChI=1S/C17H16N4O3/c1-20-15-5-3-2-4-13(15)19-17(20)24-11-6-7-14-10(8-11)9-12(18)16(22)21(14)23/h2-8,12,23H,9,18H2,1H3. The number of fused-ring (bicyclic) bond motifs is 2. The van der Waals surface area contributed by atoms with Crippen LogP contribution < -0.4 is 15.5 Å². The molecule has 1 aromatic heterocycles. The third kappa shape index (κ3) is 2.22. The average Bonchev–Trinajstić information content (AvgIpc) is 2.89. The second-order valence-electron chi connectivity index (χ2n) is 5.80. The Kier molecular flexibility index (Phi) is 3.26. The van der Waals surface area contributed by atoms with Crippen LogP contribution >= 0.6 is 0 Å². The van der Waals surface area contributed by atoms with Crippen molar-refractivity contribution in [1.29, 1.82) is 0 Å². The number of ether oxygens (including phenoxy) is 1. The van der Waals surface area contributed by atoms with E-state index in [0.717, 1.165) is 16.6 Å². The lowest BCUT2D eigenvalue weighted by atomic mass is 9.99. The van der Waals surface area contributed by atoms with Gasteiger partial charge in [0.2, 0.25) is 0 Å². The van der Waals surface area contributed by atoms with Gasteiger partial charge in [0.15, 0.2) is 0 Å². The van der Waals surface area contributed by atoms with Gasteiger partial charge in [-0.3, -0.25) is 14.6 Å². The molecule has 1 unspecified atom stereocenters. The third-order valence-corrected chi connectivity index (χ3v) is 4.20. The van der Waals surface area contributed by atoms with Crippen molar-refractivity contribution in [2.24, 2.45) is 12.8 Å². The van der Waals surface area contributed by atoms with E-state index >= 15 is 0 Å². The maximum atomic E-state index is 11.7. The van der Waals surface area contributed by atoms with E-state index in [1.807, 2.05) is 35.9 Å². The summed E-state index contributed by atoms with van der Waals surface area (Å²) in [4.78, 5) is 16.2.